The normalized spacial score (nSPS) is 11.7. The van der Waals surface area contributed by atoms with Gasteiger partial charge in [-0.25, -0.2) is 4.79 Å². The number of hydrogen-bond acceptors (Lipinski definition) is 6. The van der Waals surface area contributed by atoms with Crippen molar-refractivity contribution in [2.45, 2.75) is 37.5 Å². The van der Waals surface area contributed by atoms with E-state index >= 15 is 0 Å². The summed E-state index contributed by atoms with van der Waals surface area (Å²) < 4.78 is 5.07. The zero-order valence-electron chi connectivity index (χ0n) is 15.6. The number of nitrogens with one attached hydrogen (secondary N) is 1. The molecule has 0 aliphatic heterocycles. The lowest BCUT2D eigenvalue weighted by Crippen LogP contribution is -2.42. The Morgan fingerprint density at radius 3 is 2.67 bits per heavy atom. The highest BCUT2D eigenvalue weighted by atomic mass is 32.2. The number of ether oxygens (including phenoxy) is 1. The maximum absolute atomic E-state index is 12.2. The summed E-state index contributed by atoms with van der Waals surface area (Å²) in [6.45, 7) is 3.60. The van der Waals surface area contributed by atoms with E-state index in [4.69, 9.17) is 4.74 Å². The van der Waals surface area contributed by atoms with Gasteiger partial charge in [0.1, 0.15) is 12.6 Å². The molecule has 0 radical (unpaired) electrons. The van der Waals surface area contributed by atoms with Crippen LogP contribution in [0.3, 0.4) is 0 Å². The Morgan fingerprint density at radius 1 is 1.26 bits per heavy atom. The molecule has 0 spiro atoms. The third-order valence-electron chi connectivity index (χ3n) is 3.56. The van der Waals surface area contributed by atoms with Crippen molar-refractivity contribution in [3.63, 3.8) is 0 Å². The Morgan fingerprint density at radius 2 is 2.00 bits per heavy atom. The molecule has 0 saturated heterocycles. The third kappa shape index (κ3) is 10.4. The molecule has 6 nitrogen and oxygen atoms in total. The molecule has 1 aromatic rings. The SMILES string of the molecule is C=CCCC(=O)N[C@@H](CCC(=O)SCc1ccccc1)C(=O)OCC=NC. The van der Waals surface area contributed by atoms with Crippen LogP contribution in [0.5, 0.6) is 0 Å². The van der Waals surface area contributed by atoms with Crippen LogP contribution >= 0.6 is 11.8 Å². The van der Waals surface area contributed by atoms with Crippen LogP contribution in [0.15, 0.2) is 48.0 Å². The van der Waals surface area contributed by atoms with Crippen LogP contribution in [-0.4, -0.2) is 42.9 Å². The summed E-state index contributed by atoms with van der Waals surface area (Å²) in [5, 5.41) is 2.61. The maximum Gasteiger partial charge on any atom is 0.329 e. The average molecular weight is 391 g/mol. The molecule has 1 aromatic carbocycles. The molecule has 0 heterocycles. The Hall–Kier alpha value is -2.41. The first kappa shape index (κ1) is 22.6. The number of hydrogen-bond donors (Lipinski definition) is 1. The van der Waals surface area contributed by atoms with Crippen molar-refractivity contribution < 1.29 is 19.1 Å². The lowest BCUT2D eigenvalue weighted by Gasteiger charge is -2.16. The number of rotatable bonds is 12. The lowest BCUT2D eigenvalue weighted by molar-refractivity contribution is -0.146. The summed E-state index contributed by atoms with van der Waals surface area (Å²) in [7, 11) is 1.57. The van der Waals surface area contributed by atoms with Crippen molar-refractivity contribution in [1.29, 1.82) is 0 Å². The molecule has 1 rings (SSSR count). The minimum Gasteiger partial charge on any atom is -0.458 e. The standard InChI is InChI=1S/C20H26N2O4S/c1-3-4-10-18(23)22-17(20(25)26-14-13-21-2)11-12-19(24)27-15-16-8-6-5-7-9-16/h3,5-9,13,17H,1,4,10-12,14-15H2,2H3,(H,22,23)/t17-/m0/s1. The molecule has 27 heavy (non-hydrogen) atoms. The fourth-order valence-corrected chi connectivity index (χ4v) is 2.90. The molecule has 1 N–H and O–H groups in total. The van der Waals surface area contributed by atoms with Crippen LogP contribution in [0.25, 0.3) is 0 Å². The van der Waals surface area contributed by atoms with E-state index in [-0.39, 0.29) is 36.9 Å². The molecule has 1 amide bonds. The molecule has 1 atom stereocenters. The second-order valence-electron chi connectivity index (χ2n) is 5.70. The number of allylic oxidation sites excluding steroid dienone is 1. The second kappa shape index (κ2) is 13.7. The van der Waals surface area contributed by atoms with Gasteiger partial charge in [0.05, 0.1) is 0 Å². The van der Waals surface area contributed by atoms with Gasteiger partial charge in [0, 0.05) is 31.9 Å². The van der Waals surface area contributed by atoms with E-state index < -0.39 is 12.0 Å². The smallest absolute Gasteiger partial charge is 0.329 e. The van der Waals surface area contributed by atoms with E-state index in [9.17, 15) is 14.4 Å². The molecule has 0 aliphatic carbocycles. The number of aliphatic imine (C=N–C) groups is 1. The second-order valence-corrected chi connectivity index (χ2v) is 6.74. The largest absolute Gasteiger partial charge is 0.458 e. The van der Waals surface area contributed by atoms with Crippen molar-refractivity contribution in [1.82, 2.24) is 5.32 Å². The molecule has 0 unspecified atom stereocenters. The zero-order chi connectivity index (χ0) is 19.9. The molecule has 0 saturated carbocycles. The number of thioether (sulfide) groups is 1. The first-order chi connectivity index (χ1) is 13.1. The molecule has 0 bridgehead atoms. The molecular formula is C20H26N2O4S. The number of amides is 1. The highest BCUT2D eigenvalue weighted by Crippen LogP contribution is 2.16. The zero-order valence-corrected chi connectivity index (χ0v) is 16.4. The van der Waals surface area contributed by atoms with Crippen LogP contribution in [0, 0.1) is 0 Å². The topological polar surface area (TPSA) is 84.8 Å². The van der Waals surface area contributed by atoms with Gasteiger partial charge in [-0.2, -0.15) is 0 Å². The predicted molar refractivity (Wildman–Crippen MR) is 109 cm³/mol. The first-order valence-corrected chi connectivity index (χ1v) is 9.72. The quantitative estimate of drug-likeness (QED) is 0.337. The molecule has 146 valence electrons. The van der Waals surface area contributed by atoms with Crippen LogP contribution < -0.4 is 5.32 Å². The summed E-state index contributed by atoms with van der Waals surface area (Å²) in [4.78, 5) is 40.0. The number of esters is 1. The van der Waals surface area contributed by atoms with Gasteiger partial charge >= 0.3 is 5.97 Å². The number of carbonyl (C=O) groups excluding carboxylic acids is 3. The highest BCUT2D eigenvalue weighted by molar-refractivity contribution is 8.12. The van der Waals surface area contributed by atoms with Gasteiger partial charge in [0.15, 0.2) is 5.12 Å². The summed E-state index contributed by atoms with van der Waals surface area (Å²) in [5.74, 6) is -0.263. The van der Waals surface area contributed by atoms with Crippen molar-refractivity contribution >= 4 is 35.0 Å². The van der Waals surface area contributed by atoms with Crippen LogP contribution in [0.2, 0.25) is 0 Å². The average Bonchev–Trinajstić information content (AvgIpc) is 2.68. The van der Waals surface area contributed by atoms with E-state index in [1.807, 2.05) is 30.3 Å². The van der Waals surface area contributed by atoms with E-state index in [1.165, 1.54) is 18.0 Å². The van der Waals surface area contributed by atoms with Gasteiger partial charge in [0.25, 0.3) is 0 Å². The predicted octanol–water partition coefficient (Wildman–Crippen LogP) is 2.92. The number of benzene rings is 1. The van der Waals surface area contributed by atoms with Gasteiger partial charge in [0.2, 0.25) is 5.91 Å². The Kier molecular flexibility index (Phi) is 11.5. The van der Waals surface area contributed by atoms with Crippen LogP contribution in [0.1, 0.15) is 31.2 Å². The molecule has 0 aromatic heterocycles. The molecule has 0 fully saturated rings. The van der Waals surface area contributed by atoms with Crippen molar-refractivity contribution in [2.24, 2.45) is 4.99 Å². The Balaban J connectivity index is 2.52. The number of carbonyl (C=O) groups is 3. The van der Waals surface area contributed by atoms with Crippen LogP contribution in [0.4, 0.5) is 0 Å². The summed E-state index contributed by atoms with van der Waals surface area (Å²) >= 11 is 1.20. The Bertz CT molecular complexity index is 647. The van der Waals surface area contributed by atoms with E-state index in [0.29, 0.717) is 12.2 Å². The minimum absolute atomic E-state index is 0.0328. The minimum atomic E-state index is -0.853. The summed E-state index contributed by atoms with van der Waals surface area (Å²) in [6.07, 6.45) is 4.20. The van der Waals surface area contributed by atoms with Crippen LogP contribution in [-0.2, 0) is 24.9 Å². The monoisotopic (exact) mass is 390 g/mol. The third-order valence-corrected chi connectivity index (χ3v) is 4.56. The fourth-order valence-electron chi connectivity index (χ4n) is 2.12. The highest BCUT2D eigenvalue weighted by Gasteiger charge is 2.23. The summed E-state index contributed by atoms with van der Waals surface area (Å²) in [6, 6.07) is 8.82. The lowest BCUT2D eigenvalue weighted by atomic mass is 10.1. The van der Waals surface area contributed by atoms with Gasteiger partial charge in [-0.15, -0.1) is 6.58 Å². The van der Waals surface area contributed by atoms with Gasteiger partial charge < -0.3 is 10.1 Å². The van der Waals surface area contributed by atoms with Gasteiger partial charge in [-0.05, 0) is 18.4 Å². The van der Waals surface area contributed by atoms with E-state index in [2.05, 4.69) is 16.9 Å². The van der Waals surface area contributed by atoms with E-state index in [1.54, 1.807) is 13.1 Å². The fraction of sp³-hybridized carbons (Fsp3) is 0.400. The summed E-state index contributed by atoms with van der Waals surface area (Å²) in [5.41, 5.74) is 1.06. The van der Waals surface area contributed by atoms with Gasteiger partial charge in [-0.1, -0.05) is 48.2 Å². The maximum atomic E-state index is 12.2. The molecule has 7 heteroatoms. The van der Waals surface area contributed by atoms with Crippen molar-refractivity contribution in [3.8, 4) is 0 Å². The Labute approximate surface area is 164 Å². The number of nitrogens with zero attached hydrogens (tertiary/aromatic N) is 1. The van der Waals surface area contributed by atoms with Crippen molar-refractivity contribution in [3.05, 3.63) is 48.6 Å². The van der Waals surface area contributed by atoms with Gasteiger partial charge in [-0.3, -0.25) is 14.6 Å². The first-order valence-electron chi connectivity index (χ1n) is 8.74. The molecule has 0 aliphatic rings. The van der Waals surface area contributed by atoms with E-state index in [0.717, 1.165) is 5.56 Å². The van der Waals surface area contributed by atoms with Crippen molar-refractivity contribution in [2.75, 3.05) is 13.7 Å². The molecular weight excluding hydrogens is 364 g/mol.